The van der Waals surface area contributed by atoms with Gasteiger partial charge in [-0.25, -0.2) is 8.42 Å². The second-order valence-electron chi connectivity index (χ2n) is 7.47. The van der Waals surface area contributed by atoms with Crippen LogP contribution >= 0.6 is 0 Å². The summed E-state index contributed by atoms with van der Waals surface area (Å²) in [6.07, 6.45) is 0.293. The van der Waals surface area contributed by atoms with Crippen LogP contribution in [0.25, 0.3) is 0 Å². The van der Waals surface area contributed by atoms with E-state index in [1.165, 1.54) is 0 Å². The Kier molecular flexibility index (Phi) is 6.36. The summed E-state index contributed by atoms with van der Waals surface area (Å²) in [6, 6.07) is 10.8. The van der Waals surface area contributed by atoms with Crippen LogP contribution in [0.15, 0.2) is 36.4 Å². The predicted octanol–water partition coefficient (Wildman–Crippen LogP) is 1.83. The molecule has 1 N–H and O–H groups in total. The standard InChI is InChI=1S/C20H27N5O3S/c1-15(2)29(27,28)23-18-7-5-17(6-8-18)14-20(26)25-12-10-24(11-13-25)19-9-4-16(3)21-22-19/h4-9,15,23H,10-14H2,1-3H3. The number of carbonyl (C=O) groups excluding carboxylic acids is 1. The Labute approximate surface area is 172 Å². The number of hydrogen-bond donors (Lipinski definition) is 1. The molecule has 0 atom stereocenters. The quantitative estimate of drug-likeness (QED) is 0.770. The van der Waals surface area contributed by atoms with E-state index >= 15 is 0 Å². The van der Waals surface area contributed by atoms with Gasteiger partial charge in [0.05, 0.1) is 17.4 Å². The minimum absolute atomic E-state index is 0.0650. The van der Waals surface area contributed by atoms with Crippen LogP contribution in [0, 0.1) is 6.92 Å². The normalized spacial score (nSPS) is 14.9. The predicted molar refractivity (Wildman–Crippen MR) is 113 cm³/mol. The highest BCUT2D eigenvalue weighted by atomic mass is 32.2. The van der Waals surface area contributed by atoms with Gasteiger partial charge in [0, 0.05) is 31.9 Å². The largest absolute Gasteiger partial charge is 0.352 e. The lowest BCUT2D eigenvalue weighted by Gasteiger charge is -2.35. The zero-order valence-corrected chi connectivity index (χ0v) is 17.8. The number of rotatable bonds is 6. The van der Waals surface area contributed by atoms with Crippen molar-refractivity contribution < 1.29 is 13.2 Å². The van der Waals surface area contributed by atoms with Crippen LogP contribution in [0.4, 0.5) is 11.5 Å². The van der Waals surface area contributed by atoms with Crippen molar-refractivity contribution in [2.45, 2.75) is 32.4 Å². The number of amides is 1. The second-order valence-corrected chi connectivity index (χ2v) is 9.71. The molecular weight excluding hydrogens is 390 g/mol. The van der Waals surface area contributed by atoms with Crippen LogP contribution in [0.1, 0.15) is 25.1 Å². The van der Waals surface area contributed by atoms with E-state index in [2.05, 4.69) is 19.8 Å². The Morgan fingerprint density at radius 2 is 1.69 bits per heavy atom. The van der Waals surface area contributed by atoms with Gasteiger partial charge in [0.2, 0.25) is 15.9 Å². The molecule has 0 radical (unpaired) electrons. The summed E-state index contributed by atoms with van der Waals surface area (Å²) in [4.78, 5) is 16.6. The van der Waals surface area contributed by atoms with Gasteiger partial charge in [0.15, 0.2) is 5.82 Å². The highest BCUT2D eigenvalue weighted by molar-refractivity contribution is 7.93. The molecule has 9 heteroatoms. The summed E-state index contributed by atoms with van der Waals surface area (Å²) in [7, 11) is -3.37. The van der Waals surface area contributed by atoms with Gasteiger partial charge in [-0.15, -0.1) is 5.10 Å². The Morgan fingerprint density at radius 3 is 2.24 bits per heavy atom. The topological polar surface area (TPSA) is 95.5 Å². The van der Waals surface area contributed by atoms with Crippen LogP contribution in [-0.2, 0) is 21.2 Å². The average molecular weight is 418 g/mol. The molecule has 2 aromatic rings. The minimum Gasteiger partial charge on any atom is -0.352 e. The fraction of sp³-hybridized carbons (Fsp3) is 0.450. The van der Waals surface area contributed by atoms with Crippen molar-refractivity contribution in [2.75, 3.05) is 35.8 Å². The van der Waals surface area contributed by atoms with Crippen LogP contribution in [-0.4, -0.2) is 60.9 Å². The number of carbonyl (C=O) groups is 1. The highest BCUT2D eigenvalue weighted by Crippen LogP contribution is 2.16. The van der Waals surface area contributed by atoms with E-state index in [4.69, 9.17) is 0 Å². The molecule has 29 heavy (non-hydrogen) atoms. The van der Waals surface area contributed by atoms with Crippen molar-refractivity contribution in [3.8, 4) is 0 Å². The lowest BCUT2D eigenvalue weighted by atomic mass is 10.1. The first-order valence-electron chi connectivity index (χ1n) is 9.68. The third kappa shape index (κ3) is 5.44. The van der Waals surface area contributed by atoms with Gasteiger partial charge in [-0.3, -0.25) is 9.52 Å². The maximum absolute atomic E-state index is 12.6. The molecule has 0 bridgehead atoms. The molecule has 1 aromatic carbocycles. The van der Waals surface area contributed by atoms with E-state index in [1.54, 1.807) is 38.1 Å². The zero-order valence-electron chi connectivity index (χ0n) is 17.0. The van der Waals surface area contributed by atoms with Crippen molar-refractivity contribution >= 4 is 27.4 Å². The third-order valence-electron chi connectivity index (χ3n) is 4.93. The zero-order chi connectivity index (χ0) is 21.0. The molecule has 0 spiro atoms. The smallest absolute Gasteiger partial charge is 0.235 e. The molecule has 1 fully saturated rings. The molecule has 1 amide bonds. The third-order valence-corrected chi connectivity index (χ3v) is 6.69. The molecule has 1 aliphatic heterocycles. The van der Waals surface area contributed by atoms with E-state index in [-0.39, 0.29) is 5.91 Å². The minimum atomic E-state index is -3.37. The maximum Gasteiger partial charge on any atom is 0.235 e. The van der Waals surface area contributed by atoms with E-state index < -0.39 is 15.3 Å². The van der Waals surface area contributed by atoms with Crippen LogP contribution in [0.2, 0.25) is 0 Å². The van der Waals surface area contributed by atoms with Gasteiger partial charge in [0.25, 0.3) is 0 Å². The number of nitrogens with zero attached hydrogens (tertiary/aromatic N) is 4. The van der Waals surface area contributed by atoms with Crippen molar-refractivity contribution in [3.05, 3.63) is 47.7 Å². The fourth-order valence-electron chi connectivity index (χ4n) is 3.00. The Bertz CT molecular complexity index is 935. The summed E-state index contributed by atoms with van der Waals surface area (Å²) in [5.41, 5.74) is 2.24. The van der Waals surface area contributed by atoms with E-state index in [0.717, 1.165) is 30.2 Å². The molecule has 1 aromatic heterocycles. The van der Waals surface area contributed by atoms with Crippen LogP contribution in [0.5, 0.6) is 0 Å². The maximum atomic E-state index is 12.6. The lowest BCUT2D eigenvalue weighted by Crippen LogP contribution is -2.49. The number of piperazine rings is 1. The molecule has 1 saturated heterocycles. The molecule has 0 aliphatic carbocycles. The van der Waals surface area contributed by atoms with Crippen molar-refractivity contribution in [3.63, 3.8) is 0 Å². The molecule has 0 unspecified atom stereocenters. The van der Waals surface area contributed by atoms with E-state index in [0.29, 0.717) is 25.2 Å². The molecule has 3 rings (SSSR count). The second kappa shape index (κ2) is 8.77. The number of aromatic nitrogens is 2. The molecule has 2 heterocycles. The first kappa shape index (κ1) is 21.0. The van der Waals surface area contributed by atoms with Gasteiger partial charge in [0.1, 0.15) is 0 Å². The van der Waals surface area contributed by atoms with Gasteiger partial charge < -0.3 is 9.80 Å². The number of hydrogen-bond acceptors (Lipinski definition) is 6. The van der Waals surface area contributed by atoms with Gasteiger partial charge in [-0.1, -0.05) is 12.1 Å². The monoisotopic (exact) mass is 417 g/mol. The number of aryl methyl sites for hydroxylation is 1. The van der Waals surface area contributed by atoms with E-state index in [9.17, 15) is 13.2 Å². The van der Waals surface area contributed by atoms with Gasteiger partial charge in [-0.2, -0.15) is 5.10 Å². The molecule has 0 saturated carbocycles. The van der Waals surface area contributed by atoms with Crippen molar-refractivity contribution in [1.29, 1.82) is 0 Å². The first-order valence-corrected chi connectivity index (χ1v) is 11.2. The Morgan fingerprint density at radius 1 is 1.03 bits per heavy atom. The SMILES string of the molecule is Cc1ccc(N2CCN(C(=O)Cc3ccc(NS(=O)(=O)C(C)C)cc3)CC2)nn1. The molecule has 156 valence electrons. The van der Waals surface area contributed by atoms with Crippen molar-refractivity contribution in [1.82, 2.24) is 15.1 Å². The number of sulfonamides is 1. The summed E-state index contributed by atoms with van der Waals surface area (Å²) < 4.78 is 26.4. The number of anilines is 2. The number of benzene rings is 1. The first-order chi connectivity index (χ1) is 13.7. The highest BCUT2D eigenvalue weighted by Gasteiger charge is 2.22. The van der Waals surface area contributed by atoms with E-state index in [1.807, 2.05) is 24.0 Å². The fourth-order valence-corrected chi connectivity index (χ4v) is 3.71. The summed E-state index contributed by atoms with van der Waals surface area (Å²) in [5, 5.41) is 7.79. The average Bonchev–Trinajstić information content (AvgIpc) is 2.70. The Balaban J connectivity index is 1.52. The lowest BCUT2D eigenvalue weighted by molar-refractivity contribution is -0.130. The summed E-state index contributed by atoms with van der Waals surface area (Å²) in [5.74, 6) is 0.900. The molecule has 1 aliphatic rings. The summed E-state index contributed by atoms with van der Waals surface area (Å²) >= 11 is 0. The van der Waals surface area contributed by atoms with Gasteiger partial charge >= 0.3 is 0 Å². The van der Waals surface area contributed by atoms with Gasteiger partial charge in [-0.05, 0) is 50.6 Å². The number of nitrogens with one attached hydrogen (secondary N) is 1. The Hall–Kier alpha value is -2.68. The van der Waals surface area contributed by atoms with Crippen LogP contribution in [0.3, 0.4) is 0 Å². The van der Waals surface area contributed by atoms with Crippen LogP contribution < -0.4 is 9.62 Å². The summed E-state index contributed by atoms with van der Waals surface area (Å²) in [6.45, 7) is 7.88. The van der Waals surface area contributed by atoms with Crippen molar-refractivity contribution in [2.24, 2.45) is 0 Å². The molecular formula is C20H27N5O3S. The molecule has 8 nitrogen and oxygen atoms in total.